The van der Waals surface area contributed by atoms with Gasteiger partial charge in [-0.1, -0.05) is 13.8 Å². The van der Waals surface area contributed by atoms with Crippen molar-refractivity contribution >= 4 is 6.16 Å². The molecule has 0 heterocycles. The second kappa shape index (κ2) is 22.8. The summed E-state index contributed by atoms with van der Waals surface area (Å²) < 4.78 is 0. The Morgan fingerprint density at radius 1 is 1.17 bits per heavy atom. The molecule has 0 aliphatic carbocycles. The maximum Gasteiger partial charge on any atom is 0.503 e. The van der Waals surface area contributed by atoms with Crippen LogP contribution in [0.1, 0.15) is 26.7 Å². The maximum absolute atomic E-state index is 8.56. The average molecular weight is 172 g/mol. The predicted octanol–water partition coefficient (Wildman–Crippen LogP) is 2.06. The van der Waals surface area contributed by atoms with Gasteiger partial charge in [0.05, 0.1) is 12.1 Å². The van der Waals surface area contributed by atoms with E-state index >= 15 is 0 Å². The molecule has 0 rings (SSSR count). The van der Waals surface area contributed by atoms with Gasteiger partial charge in [0.25, 0.3) is 0 Å². The molecule has 0 aromatic rings. The van der Waals surface area contributed by atoms with Crippen molar-refractivity contribution in [2.75, 3.05) is 0 Å². The highest BCUT2D eigenvalue weighted by atomic mass is 16.6. The van der Waals surface area contributed by atoms with Crippen LogP contribution >= 0.6 is 0 Å². The number of carboxylic acid groups (broad SMARTS) is 2. The number of rotatable bonds is 0. The first kappa shape index (κ1) is 16.7. The van der Waals surface area contributed by atoms with E-state index in [1.165, 1.54) is 0 Å². The van der Waals surface area contributed by atoms with Crippen LogP contribution in [0.2, 0.25) is 0 Å². The lowest BCUT2D eigenvalue weighted by Crippen LogP contribution is -1.81. The van der Waals surface area contributed by atoms with Crippen LogP contribution in [0.4, 0.5) is 4.79 Å². The Balaban J connectivity index is -0.000000101. The SMILES string of the molecule is CCC#N.CCC#N.O=C(O)O. The van der Waals surface area contributed by atoms with Gasteiger partial charge in [-0.2, -0.15) is 10.5 Å². The maximum atomic E-state index is 8.56. The van der Waals surface area contributed by atoms with E-state index in [9.17, 15) is 0 Å². The summed E-state index contributed by atoms with van der Waals surface area (Å²) in [7, 11) is 0. The Morgan fingerprint density at radius 2 is 1.25 bits per heavy atom. The van der Waals surface area contributed by atoms with Crippen LogP contribution in [0, 0.1) is 22.7 Å². The van der Waals surface area contributed by atoms with E-state index in [4.69, 9.17) is 25.5 Å². The van der Waals surface area contributed by atoms with Crippen molar-refractivity contribution in [1.82, 2.24) is 0 Å². The molecule has 5 heteroatoms. The fourth-order valence-corrected chi connectivity index (χ4v) is 0. The zero-order valence-corrected chi connectivity index (χ0v) is 7.11. The van der Waals surface area contributed by atoms with Crippen LogP contribution in [0.15, 0.2) is 0 Å². The second-order valence-electron chi connectivity index (χ2n) is 1.31. The van der Waals surface area contributed by atoms with Gasteiger partial charge in [0.1, 0.15) is 0 Å². The van der Waals surface area contributed by atoms with Crippen LogP contribution in [-0.2, 0) is 0 Å². The lowest BCUT2D eigenvalue weighted by Gasteiger charge is -1.60. The molecule has 0 saturated carbocycles. The molecule has 0 aromatic carbocycles. The van der Waals surface area contributed by atoms with E-state index in [1.54, 1.807) is 0 Å². The minimum absolute atomic E-state index is 0.625. The molecule has 0 aromatic heterocycles. The van der Waals surface area contributed by atoms with Crippen molar-refractivity contribution in [1.29, 1.82) is 10.5 Å². The summed E-state index contributed by atoms with van der Waals surface area (Å²) in [6.45, 7) is 3.64. The van der Waals surface area contributed by atoms with Crippen molar-refractivity contribution in [2.24, 2.45) is 0 Å². The first-order valence-electron chi connectivity index (χ1n) is 3.22. The minimum atomic E-state index is -1.83. The molecule has 0 aliphatic rings. The number of hydrogen-bond donors (Lipinski definition) is 2. The van der Waals surface area contributed by atoms with E-state index in [1.807, 2.05) is 26.0 Å². The van der Waals surface area contributed by atoms with Crippen molar-refractivity contribution in [2.45, 2.75) is 26.7 Å². The van der Waals surface area contributed by atoms with Crippen LogP contribution in [0.5, 0.6) is 0 Å². The van der Waals surface area contributed by atoms with Gasteiger partial charge in [0, 0.05) is 12.8 Å². The molecule has 0 atom stereocenters. The molecule has 0 bridgehead atoms. The monoisotopic (exact) mass is 172 g/mol. The molecule has 0 aliphatic heterocycles. The van der Waals surface area contributed by atoms with Gasteiger partial charge in [-0.15, -0.1) is 0 Å². The van der Waals surface area contributed by atoms with Crippen molar-refractivity contribution in [3.05, 3.63) is 0 Å². The largest absolute Gasteiger partial charge is 0.503 e. The second-order valence-corrected chi connectivity index (χ2v) is 1.31. The van der Waals surface area contributed by atoms with Gasteiger partial charge in [0.15, 0.2) is 0 Å². The Hall–Kier alpha value is -1.75. The highest BCUT2D eigenvalue weighted by Gasteiger charge is 1.70. The summed E-state index contributed by atoms with van der Waals surface area (Å²) in [4.78, 5) is 8.56. The summed E-state index contributed by atoms with van der Waals surface area (Å²) in [5.41, 5.74) is 0. The van der Waals surface area contributed by atoms with Gasteiger partial charge in [-0.3, -0.25) is 0 Å². The molecule has 0 amide bonds. The van der Waals surface area contributed by atoms with Crippen LogP contribution in [0.25, 0.3) is 0 Å². The van der Waals surface area contributed by atoms with Crippen molar-refractivity contribution in [3.8, 4) is 12.1 Å². The summed E-state index contributed by atoms with van der Waals surface area (Å²) in [5, 5.41) is 29.2. The normalized spacial score (nSPS) is 5.33. The molecule has 2 N–H and O–H groups in total. The molecule has 68 valence electrons. The standard InChI is InChI=1S/2C3H5N.CH2O3/c2*1-2-3-4;2-1(3)4/h2*2H2,1H3;(H2,2,3,4). The molecule has 0 spiro atoms. The fraction of sp³-hybridized carbons (Fsp3) is 0.571. The first-order chi connectivity index (χ1) is 5.56. The Bertz CT molecular complexity index is 148. The molecule has 0 unspecified atom stereocenters. The smallest absolute Gasteiger partial charge is 0.450 e. The molecule has 12 heavy (non-hydrogen) atoms. The van der Waals surface area contributed by atoms with Gasteiger partial charge < -0.3 is 10.2 Å². The van der Waals surface area contributed by atoms with E-state index in [2.05, 4.69) is 0 Å². The van der Waals surface area contributed by atoms with Crippen LogP contribution in [0.3, 0.4) is 0 Å². The third kappa shape index (κ3) is 6940. The molecule has 5 nitrogen and oxygen atoms in total. The van der Waals surface area contributed by atoms with Gasteiger partial charge >= 0.3 is 6.16 Å². The lowest BCUT2D eigenvalue weighted by atomic mass is 10.6. The van der Waals surface area contributed by atoms with Gasteiger partial charge in [0.2, 0.25) is 0 Å². The number of nitrogens with zero attached hydrogens (tertiary/aromatic N) is 2. The fourth-order valence-electron chi connectivity index (χ4n) is 0. The Morgan fingerprint density at radius 3 is 1.25 bits per heavy atom. The van der Waals surface area contributed by atoms with Crippen LogP contribution < -0.4 is 0 Å². The molecule has 0 radical (unpaired) electrons. The van der Waals surface area contributed by atoms with E-state index in [0.29, 0.717) is 12.8 Å². The zero-order valence-electron chi connectivity index (χ0n) is 7.11. The third-order valence-electron chi connectivity index (χ3n) is 0.316. The van der Waals surface area contributed by atoms with Gasteiger partial charge in [-0.05, 0) is 0 Å². The third-order valence-corrected chi connectivity index (χ3v) is 0.316. The average Bonchev–Trinajstić information content (AvgIpc) is 2.03. The zero-order chi connectivity index (χ0) is 10.4. The highest BCUT2D eigenvalue weighted by molar-refractivity contribution is 5.53. The van der Waals surface area contributed by atoms with Crippen molar-refractivity contribution in [3.63, 3.8) is 0 Å². The molecule has 0 saturated heterocycles. The molecular weight excluding hydrogens is 160 g/mol. The quantitative estimate of drug-likeness (QED) is 0.581. The first-order valence-corrected chi connectivity index (χ1v) is 3.22. The number of hydrogen-bond acceptors (Lipinski definition) is 3. The topological polar surface area (TPSA) is 105 Å². The summed E-state index contributed by atoms with van der Waals surface area (Å²) >= 11 is 0. The van der Waals surface area contributed by atoms with Gasteiger partial charge in [-0.25, -0.2) is 4.79 Å². The molecule has 0 fully saturated rings. The minimum Gasteiger partial charge on any atom is -0.450 e. The predicted molar refractivity (Wildman–Crippen MR) is 42.5 cm³/mol. The number of nitriles is 2. The Kier molecular flexibility index (Phi) is 31.8. The summed E-state index contributed by atoms with van der Waals surface area (Å²) in [6.07, 6.45) is -0.583. The Labute approximate surface area is 71.5 Å². The molecular formula is C7H12N2O3. The lowest BCUT2D eigenvalue weighted by molar-refractivity contribution is 0.137. The summed E-state index contributed by atoms with van der Waals surface area (Å²) in [6, 6.07) is 3.86. The van der Waals surface area contributed by atoms with Crippen LogP contribution in [-0.4, -0.2) is 16.4 Å². The highest BCUT2D eigenvalue weighted by Crippen LogP contribution is 1.58. The van der Waals surface area contributed by atoms with E-state index < -0.39 is 6.16 Å². The number of carbonyl (C=O) groups is 1. The van der Waals surface area contributed by atoms with Crippen molar-refractivity contribution < 1.29 is 15.0 Å². The summed E-state index contributed by atoms with van der Waals surface area (Å²) in [5.74, 6) is 0. The van der Waals surface area contributed by atoms with E-state index in [0.717, 1.165) is 0 Å². The van der Waals surface area contributed by atoms with E-state index in [-0.39, 0.29) is 0 Å².